The molecule has 26 heavy (non-hydrogen) atoms. The van der Waals surface area contributed by atoms with Crippen LogP contribution >= 0.6 is 0 Å². The molecule has 0 radical (unpaired) electrons. The summed E-state index contributed by atoms with van der Waals surface area (Å²) in [6.45, 7) is 10.8. The maximum absolute atomic E-state index is 5.98. The quantitative estimate of drug-likeness (QED) is 0.187. The van der Waals surface area contributed by atoms with E-state index in [1.165, 1.54) is 7.11 Å². The molecule has 0 aromatic heterocycles. The fourth-order valence-corrected chi connectivity index (χ4v) is 2.32. The van der Waals surface area contributed by atoms with Crippen molar-refractivity contribution < 1.29 is 19.0 Å². The third-order valence-corrected chi connectivity index (χ3v) is 3.62. The van der Waals surface area contributed by atoms with Gasteiger partial charge in [0.05, 0.1) is 18.9 Å². The maximum Gasteiger partial charge on any atom is 0.141 e. The summed E-state index contributed by atoms with van der Waals surface area (Å²) in [6.07, 6.45) is 3.96. The van der Waals surface area contributed by atoms with Gasteiger partial charge < -0.3 is 19.0 Å². The normalized spacial score (nSPS) is 12.0. The number of hydrogen-bond donors (Lipinski definition) is 0. The Bertz CT molecular complexity index is 576. The molecule has 1 aromatic rings. The smallest absolute Gasteiger partial charge is 0.141 e. The Morgan fingerprint density at radius 2 is 1.88 bits per heavy atom. The van der Waals surface area contributed by atoms with Gasteiger partial charge >= 0.3 is 0 Å². The number of benzene rings is 1. The first kappa shape index (κ1) is 22.0. The van der Waals surface area contributed by atoms with Crippen LogP contribution in [0.15, 0.2) is 29.4 Å². The molecular formula is C20H32N2O4. The number of rotatable bonds is 12. The minimum Gasteiger partial charge on any atom is -0.490 e. The lowest BCUT2D eigenvalue weighted by Crippen LogP contribution is -2.28. The van der Waals surface area contributed by atoms with Crippen molar-refractivity contribution in [2.24, 2.45) is 5.16 Å². The monoisotopic (exact) mass is 364 g/mol. The highest BCUT2D eigenvalue weighted by Gasteiger charge is 2.09. The third-order valence-electron chi connectivity index (χ3n) is 3.62. The van der Waals surface area contributed by atoms with Crippen molar-refractivity contribution in [2.75, 3.05) is 47.3 Å². The molecule has 0 N–H and O–H groups in total. The Labute approximate surface area is 157 Å². The van der Waals surface area contributed by atoms with Gasteiger partial charge in [0.2, 0.25) is 0 Å². The number of nitrogens with zero attached hydrogens (tertiary/aromatic N) is 2. The third kappa shape index (κ3) is 8.36. The van der Waals surface area contributed by atoms with Crippen LogP contribution in [0, 0.1) is 13.8 Å². The van der Waals surface area contributed by atoms with Crippen molar-refractivity contribution in [3.8, 4) is 11.5 Å². The fourth-order valence-electron chi connectivity index (χ4n) is 2.32. The molecule has 0 amide bonds. The molecule has 0 atom stereocenters. The highest BCUT2D eigenvalue weighted by molar-refractivity contribution is 5.82. The summed E-state index contributed by atoms with van der Waals surface area (Å²) >= 11 is 0. The van der Waals surface area contributed by atoms with Crippen molar-refractivity contribution >= 4 is 5.71 Å². The molecule has 0 aliphatic carbocycles. The van der Waals surface area contributed by atoms with Gasteiger partial charge in [0.1, 0.15) is 31.9 Å². The second-order valence-electron chi connectivity index (χ2n) is 6.18. The zero-order chi connectivity index (χ0) is 19.4. The zero-order valence-corrected chi connectivity index (χ0v) is 16.9. The molecule has 6 heteroatoms. The largest absolute Gasteiger partial charge is 0.490 e. The molecule has 0 unspecified atom stereocenters. The molecular weight excluding hydrogens is 332 g/mol. The molecule has 6 nitrogen and oxygen atoms in total. The van der Waals surface area contributed by atoms with Crippen LogP contribution in [0.25, 0.3) is 0 Å². The second-order valence-corrected chi connectivity index (χ2v) is 6.18. The standard InChI is InChI=1S/C20H32N2O4/c1-7-8-10-25-19-12-16(2)20(17(3)13-19)26-15-22(5)9-11-24-14-18(4)21-23-6/h7-8,12-13H,9-11,14-15H2,1-6H3/b8-7+,21-18+. The van der Waals surface area contributed by atoms with Crippen LogP contribution in [0.5, 0.6) is 11.5 Å². The lowest BCUT2D eigenvalue weighted by molar-refractivity contribution is 0.0960. The molecule has 0 spiro atoms. The van der Waals surface area contributed by atoms with Gasteiger partial charge in [0.25, 0.3) is 0 Å². The van der Waals surface area contributed by atoms with E-state index in [-0.39, 0.29) is 0 Å². The molecule has 1 rings (SSSR count). The topological polar surface area (TPSA) is 52.5 Å². The summed E-state index contributed by atoms with van der Waals surface area (Å²) in [5, 5.41) is 3.81. The van der Waals surface area contributed by atoms with Gasteiger partial charge in [-0.3, -0.25) is 4.90 Å². The minimum absolute atomic E-state index is 0.468. The van der Waals surface area contributed by atoms with Crippen LogP contribution in [-0.4, -0.2) is 57.9 Å². The first-order valence-corrected chi connectivity index (χ1v) is 8.78. The van der Waals surface area contributed by atoms with Crippen LogP contribution in [0.1, 0.15) is 25.0 Å². The molecule has 0 aliphatic heterocycles. The molecule has 0 heterocycles. The van der Waals surface area contributed by atoms with Crippen molar-refractivity contribution in [2.45, 2.75) is 27.7 Å². The average molecular weight is 364 g/mol. The Morgan fingerprint density at radius 1 is 1.19 bits per heavy atom. The van der Waals surface area contributed by atoms with Gasteiger partial charge in [-0.25, -0.2) is 0 Å². The van der Waals surface area contributed by atoms with Crippen LogP contribution < -0.4 is 9.47 Å². The predicted octanol–water partition coefficient (Wildman–Crippen LogP) is 3.57. The van der Waals surface area contributed by atoms with Gasteiger partial charge in [0, 0.05) is 6.54 Å². The van der Waals surface area contributed by atoms with E-state index >= 15 is 0 Å². The Balaban J connectivity index is 2.42. The van der Waals surface area contributed by atoms with Gasteiger partial charge in [-0.2, -0.15) is 0 Å². The van der Waals surface area contributed by atoms with Crippen LogP contribution in [0.4, 0.5) is 0 Å². The van der Waals surface area contributed by atoms with E-state index in [9.17, 15) is 0 Å². The summed E-state index contributed by atoms with van der Waals surface area (Å²) in [5.74, 6) is 1.76. The van der Waals surface area contributed by atoms with Crippen molar-refractivity contribution in [1.29, 1.82) is 0 Å². The Morgan fingerprint density at radius 3 is 2.50 bits per heavy atom. The molecule has 0 saturated carbocycles. The lowest BCUT2D eigenvalue weighted by Gasteiger charge is -2.20. The van der Waals surface area contributed by atoms with Crippen LogP contribution in [-0.2, 0) is 9.57 Å². The summed E-state index contributed by atoms with van der Waals surface area (Å²) < 4.78 is 17.2. The summed E-state index contributed by atoms with van der Waals surface area (Å²) in [7, 11) is 3.53. The molecule has 146 valence electrons. The minimum atomic E-state index is 0.468. The van der Waals surface area contributed by atoms with E-state index in [0.29, 0.717) is 26.6 Å². The summed E-state index contributed by atoms with van der Waals surface area (Å²) in [5.41, 5.74) is 2.95. The van der Waals surface area contributed by atoms with Gasteiger partial charge in [-0.1, -0.05) is 17.3 Å². The first-order valence-electron chi connectivity index (χ1n) is 8.78. The maximum atomic E-state index is 5.98. The number of ether oxygens (including phenoxy) is 3. The SMILES string of the molecule is C/C=C/COc1cc(C)c(OCN(C)CCOC/C(C)=N/OC)c(C)c1. The van der Waals surface area contributed by atoms with Crippen molar-refractivity contribution in [3.63, 3.8) is 0 Å². The van der Waals surface area contributed by atoms with Crippen LogP contribution in [0.2, 0.25) is 0 Å². The van der Waals surface area contributed by atoms with E-state index in [0.717, 1.165) is 34.9 Å². The van der Waals surface area contributed by atoms with E-state index in [4.69, 9.17) is 19.0 Å². The van der Waals surface area contributed by atoms with Gasteiger partial charge in [-0.05, 0) is 58.0 Å². The summed E-state index contributed by atoms with van der Waals surface area (Å²) in [6, 6.07) is 4.01. The zero-order valence-electron chi connectivity index (χ0n) is 16.9. The van der Waals surface area contributed by atoms with E-state index in [2.05, 4.69) is 10.1 Å². The van der Waals surface area contributed by atoms with Crippen molar-refractivity contribution in [1.82, 2.24) is 4.90 Å². The van der Waals surface area contributed by atoms with E-state index < -0.39 is 0 Å². The van der Waals surface area contributed by atoms with Crippen LogP contribution in [0.3, 0.4) is 0 Å². The number of hydrogen-bond acceptors (Lipinski definition) is 6. The van der Waals surface area contributed by atoms with E-state index in [1.807, 2.05) is 59.0 Å². The van der Waals surface area contributed by atoms with Crippen molar-refractivity contribution in [3.05, 3.63) is 35.4 Å². The Hall–Kier alpha value is -2.05. The highest BCUT2D eigenvalue weighted by Crippen LogP contribution is 2.28. The molecule has 0 saturated heterocycles. The van der Waals surface area contributed by atoms with Gasteiger partial charge in [0.15, 0.2) is 0 Å². The molecule has 0 bridgehead atoms. The molecule has 1 aromatic carbocycles. The fraction of sp³-hybridized carbons (Fsp3) is 0.550. The molecule has 0 fully saturated rings. The van der Waals surface area contributed by atoms with Gasteiger partial charge in [-0.15, -0.1) is 0 Å². The number of allylic oxidation sites excluding steroid dienone is 1. The number of oxime groups is 1. The molecule has 0 aliphatic rings. The number of likely N-dealkylation sites (N-methyl/N-ethyl adjacent to an activating group) is 1. The predicted molar refractivity (Wildman–Crippen MR) is 105 cm³/mol. The highest BCUT2D eigenvalue weighted by atomic mass is 16.6. The average Bonchev–Trinajstić information content (AvgIpc) is 2.58. The lowest BCUT2D eigenvalue weighted by atomic mass is 10.1. The van der Waals surface area contributed by atoms with E-state index in [1.54, 1.807) is 0 Å². The summed E-state index contributed by atoms with van der Waals surface area (Å²) in [4.78, 5) is 6.76. The number of aryl methyl sites for hydroxylation is 2. The Kier molecular flexibility index (Phi) is 10.4. The second kappa shape index (κ2) is 12.3. The first-order chi connectivity index (χ1) is 12.5.